The van der Waals surface area contributed by atoms with E-state index < -0.39 is 0 Å². The summed E-state index contributed by atoms with van der Waals surface area (Å²) in [5.41, 5.74) is 14.7. The van der Waals surface area contributed by atoms with E-state index in [1.54, 1.807) is 0 Å². The van der Waals surface area contributed by atoms with Crippen LogP contribution in [0.4, 0.5) is 0 Å². The van der Waals surface area contributed by atoms with E-state index in [1.807, 2.05) is 0 Å². The topological polar surface area (TPSA) is 0 Å². The highest BCUT2D eigenvalue weighted by Gasteiger charge is 2.22. The maximum absolute atomic E-state index is 2.45. The van der Waals surface area contributed by atoms with Crippen LogP contribution >= 0.6 is 0 Å². The van der Waals surface area contributed by atoms with Gasteiger partial charge < -0.3 is 0 Å². The van der Waals surface area contributed by atoms with Gasteiger partial charge in [0.2, 0.25) is 0 Å². The summed E-state index contributed by atoms with van der Waals surface area (Å²) in [5, 5.41) is 12.6. The van der Waals surface area contributed by atoms with Crippen LogP contribution in [0.5, 0.6) is 0 Å². The molecule has 60 heavy (non-hydrogen) atoms. The molecule has 0 fully saturated rings. The third kappa shape index (κ3) is 5.69. The number of benzene rings is 12. The van der Waals surface area contributed by atoms with Crippen LogP contribution in [0.15, 0.2) is 231 Å². The van der Waals surface area contributed by atoms with Crippen molar-refractivity contribution in [2.75, 3.05) is 0 Å². The molecular formula is C60H38. The standard InChI is InChI=1S/C60H38/c1-3-13-39(14-4-1)45-21-11-23-47(33-45)55-37-57(49-27-25-41-17-7-9-19-43(41)35-49)53-32-30-52-56(48-24-12-22-46(34-48)40-15-5-2-6-16-40)38-58(54-31-29-51(55)59(53)60(52)54)50-28-26-42-18-8-10-20-44(42)36-50/h1-38H. The SMILES string of the molecule is c1ccc(-c2cccc(-c3cc(-c4ccc5ccccc5c4)c4ccc5c(-c6cccc(-c7ccccc7)c6)cc(-c6ccc7ccccc7c6)c6ccc3c4c56)c2)cc1. The van der Waals surface area contributed by atoms with E-state index in [1.165, 1.54) is 121 Å². The zero-order chi connectivity index (χ0) is 39.6. The first-order valence-electron chi connectivity index (χ1n) is 20.8. The van der Waals surface area contributed by atoms with Gasteiger partial charge in [-0.05, 0) is 157 Å². The van der Waals surface area contributed by atoms with Crippen LogP contribution in [-0.4, -0.2) is 0 Å². The van der Waals surface area contributed by atoms with E-state index in [4.69, 9.17) is 0 Å². The van der Waals surface area contributed by atoms with E-state index in [0.29, 0.717) is 0 Å². The molecule has 0 aliphatic heterocycles. The molecule has 0 amide bonds. The Morgan fingerprint density at radius 3 is 0.883 bits per heavy atom. The lowest BCUT2D eigenvalue weighted by molar-refractivity contribution is 1.60. The normalized spacial score (nSPS) is 11.7. The van der Waals surface area contributed by atoms with Gasteiger partial charge in [0.15, 0.2) is 0 Å². The molecule has 0 aliphatic carbocycles. The van der Waals surface area contributed by atoms with Crippen molar-refractivity contribution >= 4 is 53.9 Å². The molecule has 0 unspecified atom stereocenters. The molecule has 12 aromatic rings. The highest BCUT2D eigenvalue weighted by atomic mass is 14.2. The molecule has 0 radical (unpaired) electrons. The van der Waals surface area contributed by atoms with Gasteiger partial charge in [0.05, 0.1) is 0 Å². The first-order chi connectivity index (χ1) is 29.7. The largest absolute Gasteiger partial charge is 0.0622 e. The van der Waals surface area contributed by atoms with Crippen LogP contribution in [0.1, 0.15) is 0 Å². The van der Waals surface area contributed by atoms with E-state index in [-0.39, 0.29) is 0 Å². The minimum Gasteiger partial charge on any atom is -0.0622 e. The summed E-state index contributed by atoms with van der Waals surface area (Å²) in [4.78, 5) is 0. The lowest BCUT2D eigenvalue weighted by Crippen LogP contribution is -1.95. The van der Waals surface area contributed by atoms with Gasteiger partial charge in [-0.15, -0.1) is 0 Å². The summed E-state index contributed by atoms with van der Waals surface area (Å²) in [6, 6.07) is 85.3. The van der Waals surface area contributed by atoms with E-state index in [9.17, 15) is 0 Å². The van der Waals surface area contributed by atoms with Gasteiger partial charge in [-0.1, -0.05) is 194 Å². The third-order valence-electron chi connectivity index (χ3n) is 12.6. The Hall–Kier alpha value is -7.80. The van der Waals surface area contributed by atoms with E-state index >= 15 is 0 Å². The van der Waals surface area contributed by atoms with E-state index in [0.717, 1.165) is 0 Å². The Morgan fingerprint density at radius 2 is 0.483 bits per heavy atom. The van der Waals surface area contributed by atoms with Crippen molar-refractivity contribution in [3.8, 4) is 66.8 Å². The van der Waals surface area contributed by atoms with Crippen molar-refractivity contribution in [3.63, 3.8) is 0 Å². The van der Waals surface area contributed by atoms with E-state index in [2.05, 4.69) is 231 Å². The van der Waals surface area contributed by atoms with Gasteiger partial charge in [0, 0.05) is 0 Å². The Balaban J connectivity index is 1.20. The quantitative estimate of drug-likeness (QED) is 0.148. The summed E-state index contributed by atoms with van der Waals surface area (Å²) in [7, 11) is 0. The molecule has 12 aromatic carbocycles. The van der Waals surface area contributed by atoms with Gasteiger partial charge in [0.1, 0.15) is 0 Å². The second-order valence-corrected chi connectivity index (χ2v) is 16.0. The second-order valence-electron chi connectivity index (χ2n) is 16.0. The van der Waals surface area contributed by atoms with Crippen molar-refractivity contribution in [2.45, 2.75) is 0 Å². The molecule has 0 spiro atoms. The van der Waals surface area contributed by atoms with Crippen molar-refractivity contribution in [3.05, 3.63) is 231 Å². The lowest BCUT2D eigenvalue weighted by Gasteiger charge is -2.22. The van der Waals surface area contributed by atoms with Crippen molar-refractivity contribution in [1.82, 2.24) is 0 Å². The molecule has 278 valence electrons. The summed E-state index contributed by atoms with van der Waals surface area (Å²) >= 11 is 0. The van der Waals surface area contributed by atoms with Gasteiger partial charge in [-0.25, -0.2) is 0 Å². The summed E-state index contributed by atoms with van der Waals surface area (Å²) in [6.07, 6.45) is 0. The lowest BCUT2D eigenvalue weighted by atomic mass is 9.81. The fraction of sp³-hybridized carbons (Fsp3) is 0. The Labute approximate surface area is 349 Å². The Bertz CT molecular complexity index is 3340. The predicted octanol–water partition coefficient (Wildman–Crippen LogP) is 16.9. The van der Waals surface area contributed by atoms with Crippen molar-refractivity contribution in [1.29, 1.82) is 0 Å². The van der Waals surface area contributed by atoms with Crippen LogP contribution in [0.2, 0.25) is 0 Å². The van der Waals surface area contributed by atoms with Crippen LogP contribution in [0.25, 0.3) is 121 Å². The molecule has 0 saturated heterocycles. The molecule has 0 bridgehead atoms. The number of hydrogen-bond donors (Lipinski definition) is 0. The fourth-order valence-electron chi connectivity index (χ4n) is 9.66. The maximum atomic E-state index is 2.45. The Morgan fingerprint density at radius 1 is 0.167 bits per heavy atom. The highest BCUT2D eigenvalue weighted by molar-refractivity contribution is 6.32. The van der Waals surface area contributed by atoms with Gasteiger partial charge in [0.25, 0.3) is 0 Å². The predicted molar refractivity (Wildman–Crippen MR) is 258 cm³/mol. The first kappa shape index (κ1) is 34.3. The molecule has 0 heterocycles. The minimum atomic E-state index is 1.21. The third-order valence-corrected chi connectivity index (χ3v) is 12.6. The van der Waals surface area contributed by atoms with Gasteiger partial charge in [-0.3, -0.25) is 0 Å². The average Bonchev–Trinajstić information content (AvgIpc) is 3.33. The zero-order valence-corrected chi connectivity index (χ0v) is 32.9. The molecule has 0 aromatic heterocycles. The molecule has 12 rings (SSSR count). The fourth-order valence-corrected chi connectivity index (χ4v) is 9.66. The molecular weight excluding hydrogens is 721 g/mol. The molecule has 0 saturated carbocycles. The zero-order valence-electron chi connectivity index (χ0n) is 32.9. The molecule has 0 atom stereocenters. The minimum absolute atomic E-state index is 1.21. The van der Waals surface area contributed by atoms with Crippen LogP contribution in [-0.2, 0) is 0 Å². The van der Waals surface area contributed by atoms with Crippen molar-refractivity contribution < 1.29 is 0 Å². The summed E-state index contributed by atoms with van der Waals surface area (Å²) in [5.74, 6) is 0. The van der Waals surface area contributed by atoms with Gasteiger partial charge >= 0.3 is 0 Å². The van der Waals surface area contributed by atoms with Crippen molar-refractivity contribution in [2.24, 2.45) is 0 Å². The van der Waals surface area contributed by atoms with Crippen LogP contribution < -0.4 is 0 Å². The number of fused-ring (bicyclic) bond motifs is 2. The summed E-state index contributed by atoms with van der Waals surface area (Å²) < 4.78 is 0. The second kappa shape index (κ2) is 13.9. The van der Waals surface area contributed by atoms with Crippen LogP contribution in [0, 0.1) is 0 Å². The maximum Gasteiger partial charge on any atom is -0.00139 e. The molecule has 0 aliphatic rings. The highest BCUT2D eigenvalue weighted by Crippen LogP contribution is 2.49. The smallest absolute Gasteiger partial charge is 0.00139 e. The number of hydrogen-bond acceptors (Lipinski definition) is 0. The Kier molecular flexibility index (Phi) is 7.96. The average molecular weight is 759 g/mol. The van der Waals surface area contributed by atoms with Gasteiger partial charge in [-0.2, -0.15) is 0 Å². The summed E-state index contributed by atoms with van der Waals surface area (Å²) in [6.45, 7) is 0. The monoisotopic (exact) mass is 758 g/mol. The molecule has 0 heteroatoms. The molecule has 0 N–H and O–H groups in total. The first-order valence-corrected chi connectivity index (χ1v) is 20.8. The van der Waals surface area contributed by atoms with Crippen LogP contribution in [0.3, 0.4) is 0 Å². The molecule has 0 nitrogen and oxygen atoms in total. The number of rotatable bonds is 6.